The van der Waals surface area contributed by atoms with Crippen LogP contribution in [0.25, 0.3) is 0 Å². The molecule has 0 fully saturated rings. The highest BCUT2D eigenvalue weighted by atomic mass is 32.2. The van der Waals surface area contributed by atoms with Crippen molar-refractivity contribution in [1.82, 2.24) is 4.31 Å². The molecule has 0 rings (SSSR count). The van der Waals surface area contributed by atoms with Crippen LogP contribution in [0.3, 0.4) is 0 Å². The Balaban J connectivity index is 4.26. The van der Waals surface area contributed by atoms with Crippen LogP contribution in [0.15, 0.2) is 0 Å². The van der Waals surface area contributed by atoms with Crippen LogP contribution in [0, 0.1) is 0 Å². The smallest absolute Gasteiger partial charge is 0.212 e. The number of sulfonamides is 1. The van der Waals surface area contributed by atoms with E-state index < -0.39 is 10.0 Å². The number of nitrogens with zero attached hydrogens (tertiary/aromatic N) is 1. The third kappa shape index (κ3) is 8.25. The van der Waals surface area contributed by atoms with Crippen molar-refractivity contribution in [3.8, 4) is 0 Å². The summed E-state index contributed by atoms with van der Waals surface area (Å²) in [6.45, 7) is 4.38. The fraction of sp³-hybridized carbons (Fsp3) is 1.00. The molecule has 4 heteroatoms. The van der Waals surface area contributed by atoms with Gasteiger partial charge >= 0.3 is 0 Å². The summed E-state index contributed by atoms with van der Waals surface area (Å²) >= 11 is 0. The lowest BCUT2D eigenvalue weighted by Crippen LogP contribution is -2.33. The van der Waals surface area contributed by atoms with E-state index >= 15 is 0 Å². The highest BCUT2D eigenvalue weighted by molar-refractivity contribution is 7.89. The van der Waals surface area contributed by atoms with Gasteiger partial charge in [-0.25, -0.2) is 12.7 Å². The van der Waals surface area contributed by atoms with Crippen molar-refractivity contribution < 1.29 is 8.42 Å². The molecule has 0 aromatic carbocycles. The summed E-state index contributed by atoms with van der Waals surface area (Å²) in [4.78, 5) is 0. The molecule has 1 atom stereocenters. The Morgan fingerprint density at radius 2 is 1.15 bits per heavy atom. The van der Waals surface area contributed by atoms with Gasteiger partial charge in [-0.3, -0.25) is 0 Å². The second kappa shape index (κ2) is 11.6. The summed E-state index contributed by atoms with van der Waals surface area (Å²) in [7, 11) is 0.231. The highest BCUT2D eigenvalue weighted by Crippen LogP contribution is 2.20. The molecular formula is C16H35NO2S. The van der Waals surface area contributed by atoms with Crippen LogP contribution in [0.1, 0.15) is 84.5 Å². The summed E-state index contributed by atoms with van der Waals surface area (Å²) in [5.74, 6) is 0. The Hall–Kier alpha value is -0.0900. The van der Waals surface area contributed by atoms with Gasteiger partial charge in [-0.15, -0.1) is 0 Å². The predicted molar refractivity (Wildman–Crippen MR) is 88.5 cm³/mol. The van der Waals surface area contributed by atoms with Gasteiger partial charge in [0, 0.05) is 14.1 Å². The van der Waals surface area contributed by atoms with Gasteiger partial charge in [0.15, 0.2) is 0 Å². The van der Waals surface area contributed by atoms with E-state index in [4.69, 9.17) is 0 Å². The zero-order valence-electron chi connectivity index (χ0n) is 14.0. The minimum absolute atomic E-state index is 0.170. The summed E-state index contributed by atoms with van der Waals surface area (Å²) in [5.41, 5.74) is 0. The van der Waals surface area contributed by atoms with Gasteiger partial charge in [-0.2, -0.15) is 0 Å². The van der Waals surface area contributed by atoms with Gasteiger partial charge in [-0.1, -0.05) is 71.6 Å². The van der Waals surface area contributed by atoms with Crippen LogP contribution in [0.4, 0.5) is 0 Å². The van der Waals surface area contributed by atoms with Gasteiger partial charge in [-0.05, 0) is 12.8 Å². The SMILES string of the molecule is CCCCCCCC(CCCCCC)S(=O)(=O)N(C)C. The normalized spacial score (nSPS) is 13.8. The van der Waals surface area contributed by atoms with Gasteiger partial charge < -0.3 is 0 Å². The quantitative estimate of drug-likeness (QED) is 0.467. The topological polar surface area (TPSA) is 37.4 Å². The van der Waals surface area contributed by atoms with Gasteiger partial charge in [0.25, 0.3) is 0 Å². The fourth-order valence-corrected chi connectivity index (χ4v) is 4.04. The van der Waals surface area contributed by atoms with E-state index in [2.05, 4.69) is 13.8 Å². The van der Waals surface area contributed by atoms with E-state index in [0.29, 0.717) is 0 Å². The summed E-state index contributed by atoms with van der Waals surface area (Å²) in [6, 6.07) is 0. The van der Waals surface area contributed by atoms with E-state index in [9.17, 15) is 8.42 Å². The van der Waals surface area contributed by atoms with Crippen molar-refractivity contribution in [2.24, 2.45) is 0 Å². The molecule has 20 heavy (non-hydrogen) atoms. The average molecular weight is 306 g/mol. The Kier molecular flexibility index (Phi) is 11.5. The first-order valence-corrected chi connectivity index (χ1v) is 9.88. The van der Waals surface area contributed by atoms with Crippen LogP contribution in [-0.4, -0.2) is 32.1 Å². The first-order valence-electron chi connectivity index (χ1n) is 8.38. The monoisotopic (exact) mass is 305 g/mol. The van der Waals surface area contributed by atoms with Crippen LogP contribution >= 0.6 is 0 Å². The van der Waals surface area contributed by atoms with Crippen LogP contribution < -0.4 is 0 Å². The molecule has 0 N–H and O–H groups in total. The molecule has 0 bridgehead atoms. The van der Waals surface area contributed by atoms with Crippen LogP contribution in [-0.2, 0) is 10.0 Å². The number of unbranched alkanes of at least 4 members (excludes halogenated alkanes) is 7. The maximum Gasteiger partial charge on any atom is 0.216 e. The summed E-state index contributed by atoms with van der Waals surface area (Å²) < 4.78 is 26.1. The van der Waals surface area contributed by atoms with E-state index in [-0.39, 0.29) is 5.25 Å². The van der Waals surface area contributed by atoms with Crippen molar-refractivity contribution >= 4 is 10.0 Å². The van der Waals surface area contributed by atoms with E-state index in [1.165, 1.54) is 42.8 Å². The van der Waals surface area contributed by atoms with Gasteiger partial charge in [0.05, 0.1) is 5.25 Å². The second-order valence-corrected chi connectivity index (χ2v) is 8.43. The standard InChI is InChI=1S/C16H35NO2S/c1-5-7-9-11-13-15-16(14-12-10-8-6-2)20(18,19)17(3)4/h16H,5-15H2,1-4H3. The third-order valence-electron chi connectivity index (χ3n) is 3.94. The molecule has 0 aromatic heterocycles. The van der Waals surface area contributed by atoms with Gasteiger partial charge in [0.2, 0.25) is 10.0 Å². The molecule has 0 aliphatic carbocycles. The predicted octanol–water partition coefficient (Wildman–Crippen LogP) is 4.58. The molecule has 0 aliphatic rings. The number of hydrogen-bond acceptors (Lipinski definition) is 2. The molecule has 3 nitrogen and oxygen atoms in total. The highest BCUT2D eigenvalue weighted by Gasteiger charge is 2.26. The lowest BCUT2D eigenvalue weighted by Gasteiger charge is -2.21. The Bertz CT molecular complexity index is 312. The maximum absolute atomic E-state index is 12.3. The number of rotatable bonds is 13. The maximum atomic E-state index is 12.3. The second-order valence-electron chi connectivity index (χ2n) is 6.00. The minimum atomic E-state index is -3.09. The summed E-state index contributed by atoms with van der Waals surface area (Å²) in [6.07, 6.45) is 12.2. The molecule has 0 saturated heterocycles. The van der Waals surface area contributed by atoms with E-state index in [1.807, 2.05) is 0 Å². The zero-order valence-corrected chi connectivity index (χ0v) is 14.8. The minimum Gasteiger partial charge on any atom is -0.212 e. The van der Waals surface area contributed by atoms with Crippen LogP contribution in [0.2, 0.25) is 0 Å². The molecule has 0 saturated carbocycles. The van der Waals surface area contributed by atoms with Gasteiger partial charge in [0.1, 0.15) is 0 Å². The van der Waals surface area contributed by atoms with Crippen LogP contribution in [0.5, 0.6) is 0 Å². The summed E-state index contributed by atoms with van der Waals surface area (Å²) in [5, 5.41) is -0.170. The molecule has 0 aliphatic heterocycles. The molecule has 0 heterocycles. The first-order chi connectivity index (χ1) is 9.46. The van der Waals surface area contributed by atoms with Crippen molar-refractivity contribution in [3.05, 3.63) is 0 Å². The van der Waals surface area contributed by atoms with E-state index in [1.54, 1.807) is 14.1 Å². The molecule has 0 radical (unpaired) electrons. The fourth-order valence-electron chi connectivity index (χ4n) is 2.51. The number of hydrogen-bond donors (Lipinski definition) is 0. The zero-order chi connectivity index (χ0) is 15.4. The molecule has 0 amide bonds. The third-order valence-corrected chi connectivity index (χ3v) is 6.27. The Labute approximate surface area is 127 Å². The Morgan fingerprint density at radius 3 is 1.55 bits per heavy atom. The van der Waals surface area contributed by atoms with Crippen molar-refractivity contribution in [2.75, 3.05) is 14.1 Å². The first kappa shape index (κ1) is 19.9. The molecule has 1 unspecified atom stereocenters. The molecular weight excluding hydrogens is 270 g/mol. The average Bonchev–Trinajstić information content (AvgIpc) is 2.40. The largest absolute Gasteiger partial charge is 0.216 e. The lowest BCUT2D eigenvalue weighted by molar-refractivity contribution is 0.473. The molecule has 122 valence electrons. The Morgan fingerprint density at radius 1 is 0.750 bits per heavy atom. The van der Waals surface area contributed by atoms with Crippen molar-refractivity contribution in [3.63, 3.8) is 0 Å². The lowest BCUT2D eigenvalue weighted by atomic mass is 10.0. The molecule has 0 spiro atoms. The van der Waals surface area contributed by atoms with Crippen molar-refractivity contribution in [2.45, 2.75) is 89.7 Å². The molecule has 0 aromatic rings. The van der Waals surface area contributed by atoms with Crippen molar-refractivity contribution in [1.29, 1.82) is 0 Å². The van der Waals surface area contributed by atoms with E-state index in [0.717, 1.165) is 32.1 Å².